The Labute approximate surface area is 148 Å². The predicted molar refractivity (Wildman–Crippen MR) is 96.1 cm³/mol. The summed E-state index contributed by atoms with van der Waals surface area (Å²) in [7, 11) is 1.75. The first-order chi connectivity index (χ1) is 11.8. The predicted octanol–water partition coefficient (Wildman–Crippen LogP) is 2.08. The minimum atomic E-state index is 0.268. The van der Waals surface area contributed by atoms with Crippen LogP contribution in [0.4, 0.5) is 0 Å². The lowest BCUT2D eigenvalue weighted by atomic mass is 10.3. The van der Waals surface area contributed by atoms with E-state index in [9.17, 15) is 0 Å². The van der Waals surface area contributed by atoms with E-state index in [1.54, 1.807) is 7.05 Å². The molecule has 0 aliphatic carbocycles. The van der Waals surface area contributed by atoms with E-state index in [1.165, 1.54) is 0 Å². The summed E-state index contributed by atoms with van der Waals surface area (Å²) in [5, 5.41) is 7.07. The maximum Gasteiger partial charge on any atom is 0.191 e. The number of nitrogens with zero attached hydrogens (tertiary/aromatic N) is 1. The maximum atomic E-state index is 6.04. The van der Waals surface area contributed by atoms with Crippen molar-refractivity contribution < 1.29 is 14.2 Å². The van der Waals surface area contributed by atoms with Gasteiger partial charge in [0.25, 0.3) is 0 Å². The van der Waals surface area contributed by atoms with Crippen LogP contribution in [0.5, 0.6) is 5.75 Å². The summed E-state index contributed by atoms with van der Waals surface area (Å²) in [5.41, 5.74) is 0. The van der Waals surface area contributed by atoms with Crippen LogP contribution in [0.15, 0.2) is 29.3 Å². The fourth-order valence-corrected chi connectivity index (χ4v) is 2.48. The van der Waals surface area contributed by atoms with E-state index in [0.717, 1.165) is 45.2 Å². The standard InChI is InChI=1S/C17H26ClN3O3/c1-19-17(20-8-4-10-23-14-7-11-22-13-14)21-9-12-24-16-6-3-2-5-15(16)18/h2-3,5-6,14H,4,7-13H2,1H3,(H2,19,20,21). The summed E-state index contributed by atoms with van der Waals surface area (Å²) in [6, 6.07) is 7.44. The lowest BCUT2D eigenvalue weighted by Crippen LogP contribution is -2.40. The minimum Gasteiger partial charge on any atom is -0.490 e. The molecule has 134 valence electrons. The molecule has 1 fully saturated rings. The number of para-hydroxylation sites is 1. The van der Waals surface area contributed by atoms with E-state index in [2.05, 4.69) is 15.6 Å². The van der Waals surface area contributed by atoms with Gasteiger partial charge < -0.3 is 24.8 Å². The molecule has 0 spiro atoms. The Bertz CT molecular complexity index is 508. The van der Waals surface area contributed by atoms with Crippen LogP contribution in [-0.4, -0.2) is 58.6 Å². The smallest absolute Gasteiger partial charge is 0.191 e. The molecule has 7 heteroatoms. The summed E-state index contributed by atoms with van der Waals surface area (Å²) < 4.78 is 16.6. The summed E-state index contributed by atoms with van der Waals surface area (Å²) in [6.45, 7) is 4.22. The highest BCUT2D eigenvalue weighted by molar-refractivity contribution is 6.32. The first kappa shape index (κ1) is 18.8. The summed E-state index contributed by atoms with van der Waals surface area (Å²) in [5.74, 6) is 1.44. The second-order valence-electron chi connectivity index (χ2n) is 5.41. The highest BCUT2D eigenvalue weighted by Gasteiger charge is 2.15. The summed E-state index contributed by atoms with van der Waals surface area (Å²) >= 11 is 6.04. The van der Waals surface area contributed by atoms with Gasteiger partial charge in [-0.3, -0.25) is 4.99 Å². The van der Waals surface area contributed by atoms with Crippen LogP contribution < -0.4 is 15.4 Å². The van der Waals surface area contributed by atoms with E-state index in [0.29, 0.717) is 23.9 Å². The van der Waals surface area contributed by atoms with E-state index in [4.69, 9.17) is 25.8 Å². The van der Waals surface area contributed by atoms with Crippen LogP contribution in [0.2, 0.25) is 5.02 Å². The third-order valence-corrected chi connectivity index (χ3v) is 3.88. The summed E-state index contributed by atoms with van der Waals surface area (Å²) in [4.78, 5) is 4.18. The Kier molecular flexibility index (Phi) is 8.73. The zero-order chi connectivity index (χ0) is 17.0. The number of hydrogen-bond donors (Lipinski definition) is 2. The van der Waals surface area contributed by atoms with Crippen molar-refractivity contribution in [1.29, 1.82) is 0 Å². The molecule has 1 heterocycles. The number of benzene rings is 1. The molecule has 1 unspecified atom stereocenters. The summed E-state index contributed by atoms with van der Waals surface area (Å²) in [6.07, 6.45) is 2.19. The van der Waals surface area contributed by atoms with Crippen LogP contribution in [0, 0.1) is 0 Å². The third-order valence-electron chi connectivity index (χ3n) is 3.57. The minimum absolute atomic E-state index is 0.268. The average molecular weight is 356 g/mol. The quantitative estimate of drug-likeness (QED) is 0.403. The van der Waals surface area contributed by atoms with Gasteiger partial charge in [0.15, 0.2) is 5.96 Å². The molecule has 24 heavy (non-hydrogen) atoms. The molecule has 0 bridgehead atoms. The molecule has 1 aromatic rings. The van der Waals surface area contributed by atoms with Crippen LogP contribution >= 0.6 is 11.6 Å². The molecule has 1 atom stereocenters. The molecule has 0 amide bonds. The van der Waals surface area contributed by atoms with Crippen LogP contribution in [0.1, 0.15) is 12.8 Å². The number of halogens is 1. The zero-order valence-electron chi connectivity index (χ0n) is 14.1. The Morgan fingerprint density at radius 2 is 2.12 bits per heavy atom. The van der Waals surface area contributed by atoms with Gasteiger partial charge in [-0.1, -0.05) is 23.7 Å². The molecule has 1 aromatic carbocycles. The normalized spacial score (nSPS) is 17.8. The Balaban J connectivity index is 1.51. The number of aliphatic imine (C=N–C) groups is 1. The number of ether oxygens (including phenoxy) is 3. The van der Waals surface area contributed by atoms with Gasteiger partial charge in [0.2, 0.25) is 0 Å². The Hall–Kier alpha value is -1.50. The molecule has 0 aromatic heterocycles. The lowest BCUT2D eigenvalue weighted by molar-refractivity contribution is 0.0420. The van der Waals surface area contributed by atoms with Gasteiger partial charge in [-0.2, -0.15) is 0 Å². The molecule has 1 saturated heterocycles. The van der Waals surface area contributed by atoms with E-state index in [1.807, 2.05) is 24.3 Å². The first-order valence-corrected chi connectivity index (χ1v) is 8.68. The van der Waals surface area contributed by atoms with E-state index in [-0.39, 0.29) is 6.10 Å². The molecule has 1 aliphatic heterocycles. The number of guanidine groups is 1. The Morgan fingerprint density at radius 1 is 1.29 bits per heavy atom. The van der Waals surface area contributed by atoms with Crippen LogP contribution in [0.3, 0.4) is 0 Å². The zero-order valence-corrected chi connectivity index (χ0v) is 14.8. The maximum absolute atomic E-state index is 6.04. The van der Waals surface area contributed by atoms with Crippen molar-refractivity contribution in [2.24, 2.45) is 4.99 Å². The van der Waals surface area contributed by atoms with Crippen LogP contribution in [0.25, 0.3) is 0 Å². The van der Waals surface area contributed by atoms with Gasteiger partial charge in [-0.05, 0) is 25.0 Å². The second kappa shape index (κ2) is 11.1. The van der Waals surface area contributed by atoms with Crippen molar-refractivity contribution in [2.75, 3.05) is 46.6 Å². The second-order valence-corrected chi connectivity index (χ2v) is 5.82. The van der Waals surface area contributed by atoms with Crippen molar-refractivity contribution in [1.82, 2.24) is 10.6 Å². The van der Waals surface area contributed by atoms with Crippen LogP contribution in [-0.2, 0) is 9.47 Å². The van der Waals surface area contributed by atoms with Crippen molar-refractivity contribution >= 4 is 17.6 Å². The number of hydrogen-bond acceptors (Lipinski definition) is 4. The van der Waals surface area contributed by atoms with Crippen molar-refractivity contribution in [2.45, 2.75) is 18.9 Å². The average Bonchev–Trinajstić information content (AvgIpc) is 3.11. The molecule has 2 N–H and O–H groups in total. The third kappa shape index (κ3) is 6.95. The highest BCUT2D eigenvalue weighted by atomic mass is 35.5. The van der Waals surface area contributed by atoms with E-state index >= 15 is 0 Å². The van der Waals surface area contributed by atoms with Gasteiger partial charge in [-0.25, -0.2) is 0 Å². The highest BCUT2D eigenvalue weighted by Crippen LogP contribution is 2.22. The SMILES string of the molecule is CN=C(NCCCOC1CCOC1)NCCOc1ccccc1Cl. The van der Waals surface area contributed by atoms with E-state index < -0.39 is 0 Å². The molecular weight excluding hydrogens is 330 g/mol. The van der Waals surface area contributed by atoms with Crippen molar-refractivity contribution in [3.05, 3.63) is 29.3 Å². The first-order valence-electron chi connectivity index (χ1n) is 8.31. The molecule has 2 rings (SSSR count). The number of nitrogens with one attached hydrogen (secondary N) is 2. The molecule has 1 aliphatic rings. The van der Waals surface area contributed by atoms with Gasteiger partial charge in [0, 0.05) is 26.8 Å². The topological polar surface area (TPSA) is 64.1 Å². The fourth-order valence-electron chi connectivity index (χ4n) is 2.29. The van der Waals surface area contributed by atoms with Gasteiger partial charge in [0.1, 0.15) is 12.4 Å². The van der Waals surface area contributed by atoms with Crippen molar-refractivity contribution in [3.63, 3.8) is 0 Å². The molecule has 0 radical (unpaired) electrons. The fraction of sp³-hybridized carbons (Fsp3) is 0.588. The van der Waals surface area contributed by atoms with Gasteiger partial charge >= 0.3 is 0 Å². The van der Waals surface area contributed by atoms with Gasteiger partial charge in [-0.15, -0.1) is 0 Å². The Morgan fingerprint density at radius 3 is 2.88 bits per heavy atom. The number of rotatable bonds is 9. The molecule has 6 nitrogen and oxygen atoms in total. The van der Waals surface area contributed by atoms with Gasteiger partial charge in [0.05, 0.1) is 24.3 Å². The largest absolute Gasteiger partial charge is 0.490 e. The van der Waals surface area contributed by atoms with Crippen molar-refractivity contribution in [3.8, 4) is 5.75 Å². The monoisotopic (exact) mass is 355 g/mol. The molecule has 0 saturated carbocycles. The molecular formula is C17H26ClN3O3. The lowest BCUT2D eigenvalue weighted by Gasteiger charge is -2.14.